The van der Waals surface area contributed by atoms with Crippen molar-refractivity contribution in [3.8, 4) is 5.75 Å². The Balaban J connectivity index is 1.57. The van der Waals surface area contributed by atoms with Crippen LogP contribution in [-0.2, 0) is 26.4 Å². The molecular weight excluding hydrogens is 430 g/mol. The molecule has 0 saturated carbocycles. The van der Waals surface area contributed by atoms with Gasteiger partial charge in [0.2, 0.25) is 5.79 Å². The van der Waals surface area contributed by atoms with Crippen molar-refractivity contribution in [3.63, 3.8) is 0 Å². The Labute approximate surface area is 192 Å². The summed E-state index contributed by atoms with van der Waals surface area (Å²) in [5, 5.41) is 40.7. The third-order valence-electron chi connectivity index (χ3n) is 6.31. The van der Waals surface area contributed by atoms with Crippen LogP contribution < -0.4 is 10.5 Å². The van der Waals surface area contributed by atoms with E-state index in [1.165, 1.54) is 7.11 Å². The molecule has 2 aromatic carbocycles. The van der Waals surface area contributed by atoms with Gasteiger partial charge in [-0.05, 0) is 41.8 Å². The van der Waals surface area contributed by atoms with Crippen molar-refractivity contribution >= 4 is 5.69 Å². The van der Waals surface area contributed by atoms with Gasteiger partial charge in [0, 0.05) is 24.8 Å². The van der Waals surface area contributed by atoms with Crippen molar-refractivity contribution in [1.29, 1.82) is 0 Å². The Bertz CT molecular complexity index is 931. The van der Waals surface area contributed by atoms with Crippen LogP contribution in [0.2, 0.25) is 0 Å². The van der Waals surface area contributed by atoms with Crippen LogP contribution in [0.1, 0.15) is 23.1 Å². The minimum atomic E-state index is -1.78. The van der Waals surface area contributed by atoms with Crippen LogP contribution in [0.25, 0.3) is 0 Å². The predicted molar refractivity (Wildman–Crippen MR) is 119 cm³/mol. The van der Waals surface area contributed by atoms with Crippen LogP contribution in [0, 0.1) is 0 Å². The molecule has 0 aliphatic carbocycles. The molecule has 2 heterocycles. The van der Waals surface area contributed by atoms with E-state index in [9.17, 15) is 20.4 Å². The highest BCUT2D eigenvalue weighted by Crippen LogP contribution is 2.40. The fourth-order valence-electron chi connectivity index (χ4n) is 4.35. The minimum Gasteiger partial charge on any atom is -0.488 e. The fraction of sp³-hybridized carbons (Fsp3) is 0.500. The fourth-order valence-corrected chi connectivity index (χ4v) is 4.35. The smallest absolute Gasteiger partial charge is 0.224 e. The van der Waals surface area contributed by atoms with Crippen LogP contribution in [0.4, 0.5) is 5.69 Å². The molecule has 3 unspecified atom stereocenters. The zero-order valence-electron chi connectivity index (χ0n) is 18.5. The van der Waals surface area contributed by atoms with Crippen molar-refractivity contribution in [2.45, 2.75) is 49.1 Å². The molecule has 6 atom stereocenters. The van der Waals surface area contributed by atoms with Crippen LogP contribution in [0.3, 0.4) is 0 Å². The summed E-state index contributed by atoms with van der Waals surface area (Å²) in [6, 6.07) is 12.8. The molecule has 0 spiro atoms. The van der Waals surface area contributed by atoms with Gasteiger partial charge < -0.3 is 45.1 Å². The van der Waals surface area contributed by atoms with Crippen molar-refractivity contribution < 1.29 is 39.4 Å². The highest BCUT2D eigenvalue weighted by Gasteiger charge is 2.55. The average molecular weight is 462 g/mol. The first kappa shape index (κ1) is 23.9. The number of methoxy groups -OCH3 is 1. The summed E-state index contributed by atoms with van der Waals surface area (Å²) in [5.74, 6) is -1.01. The Hall–Kier alpha value is -2.24. The molecule has 2 aliphatic heterocycles. The van der Waals surface area contributed by atoms with E-state index in [1.807, 2.05) is 24.3 Å². The molecule has 9 heteroatoms. The van der Waals surface area contributed by atoms with Gasteiger partial charge in [-0.15, -0.1) is 0 Å². The number of hydrogen-bond acceptors (Lipinski definition) is 9. The van der Waals surface area contributed by atoms with Gasteiger partial charge in [-0.25, -0.2) is 0 Å². The minimum absolute atomic E-state index is 0.0759. The summed E-state index contributed by atoms with van der Waals surface area (Å²) in [4.78, 5) is 0. The first-order valence-electron chi connectivity index (χ1n) is 11.0. The largest absolute Gasteiger partial charge is 0.488 e. The maximum Gasteiger partial charge on any atom is 0.224 e. The van der Waals surface area contributed by atoms with E-state index in [-0.39, 0.29) is 6.10 Å². The Morgan fingerprint density at radius 2 is 1.85 bits per heavy atom. The lowest BCUT2D eigenvalue weighted by Crippen LogP contribution is -2.64. The molecule has 2 aliphatic rings. The second-order valence-corrected chi connectivity index (χ2v) is 8.47. The maximum atomic E-state index is 10.7. The summed E-state index contributed by atoms with van der Waals surface area (Å²) in [5.41, 5.74) is 8.92. The number of nitrogen functional groups attached to an aromatic ring is 1. The predicted octanol–water partition coefficient (Wildman–Crippen LogP) is 0.300. The zero-order chi connectivity index (χ0) is 23.6. The summed E-state index contributed by atoms with van der Waals surface area (Å²) in [7, 11) is 1.33. The van der Waals surface area contributed by atoms with Crippen LogP contribution >= 0.6 is 0 Å². The zero-order valence-corrected chi connectivity index (χ0v) is 18.5. The first-order valence-corrected chi connectivity index (χ1v) is 11.0. The number of hydrogen-bond donors (Lipinski definition) is 5. The molecular formula is C24H31NO8. The molecule has 9 nitrogen and oxygen atoms in total. The number of benzene rings is 2. The molecule has 0 aromatic heterocycles. The third kappa shape index (κ3) is 4.71. The Kier molecular flexibility index (Phi) is 7.20. The van der Waals surface area contributed by atoms with Crippen LogP contribution in [-0.4, -0.2) is 77.9 Å². The van der Waals surface area contributed by atoms with Gasteiger partial charge in [0.05, 0.1) is 19.8 Å². The SMILES string of the molecule is COC1(c2ccc(N)c(Cc3ccc(O[C@H]4CCOC4)cc3)c2)OC(CO)[C@@H](O)C(O)[C@H]1O. The van der Waals surface area contributed by atoms with Gasteiger partial charge in [0.1, 0.15) is 36.3 Å². The normalized spacial score (nSPS) is 32.1. The number of aliphatic hydroxyl groups excluding tert-OH is 4. The van der Waals surface area contributed by atoms with Gasteiger partial charge in [-0.2, -0.15) is 0 Å². The van der Waals surface area contributed by atoms with Crippen molar-refractivity contribution in [3.05, 3.63) is 59.2 Å². The maximum absolute atomic E-state index is 10.7. The highest BCUT2D eigenvalue weighted by atomic mass is 16.7. The Morgan fingerprint density at radius 1 is 1.09 bits per heavy atom. The van der Waals surface area contributed by atoms with Gasteiger partial charge in [0.15, 0.2) is 0 Å². The molecule has 2 fully saturated rings. The topological polar surface area (TPSA) is 144 Å². The standard InChI is InChI=1S/C24H31NO8/c1-30-24(23(29)22(28)21(27)20(12-26)33-24)16-4-7-19(25)15(11-16)10-14-2-5-17(6-3-14)32-18-8-9-31-13-18/h2-7,11,18,20-23,26-29H,8-10,12-13,25H2,1H3/t18-,20?,21+,22?,23+,24?/m0/s1. The van der Waals surface area contributed by atoms with E-state index < -0.39 is 36.8 Å². The number of anilines is 1. The van der Waals surface area contributed by atoms with E-state index >= 15 is 0 Å². The van der Waals surface area contributed by atoms with E-state index in [4.69, 9.17) is 24.7 Å². The highest BCUT2D eigenvalue weighted by molar-refractivity contribution is 5.52. The van der Waals surface area contributed by atoms with Crippen molar-refractivity contribution in [2.24, 2.45) is 0 Å². The van der Waals surface area contributed by atoms with E-state index in [0.717, 1.165) is 29.9 Å². The van der Waals surface area contributed by atoms with Crippen LogP contribution in [0.5, 0.6) is 5.75 Å². The van der Waals surface area contributed by atoms with Gasteiger partial charge in [-0.3, -0.25) is 0 Å². The third-order valence-corrected chi connectivity index (χ3v) is 6.31. The molecule has 2 aromatic rings. The summed E-state index contributed by atoms with van der Waals surface area (Å²) in [6.07, 6.45) is -4.31. The second kappa shape index (κ2) is 9.94. The summed E-state index contributed by atoms with van der Waals surface area (Å²) in [6.45, 7) is 0.761. The molecule has 4 rings (SSSR count). The Morgan fingerprint density at radius 3 is 2.48 bits per heavy atom. The average Bonchev–Trinajstić information content (AvgIpc) is 3.34. The van der Waals surface area contributed by atoms with Gasteiger partial charge >= 0.3 is 0 Å². The molecule has 2 saturated heterocycles. The number of aliphatic hydroxyl groups is 4. The molecule has 0 bridgehead atoms. The number of rotatable bonds is 7. The first-order chi connectivity index (χ1) is 15.9. The van der Waals surface area contributed by atoms with Gasteiger partial charge in [-0.1, -0.05) is 18.2 Å². The quantitative estimate of drug-likeness (QED) is 0.368. The monoisotopic (exact) mass is 461 g/mol. The second-order valence-electron chi connectivity index (χ2n) is 8.47. The van der Waals surface area contributed by atoms with E-state index in [1.54, 1.807) is 18.2 Å². The molecule has 33 heavy (non-hydrogen) atoms. The van der Waals surface area contributed by atoms with E-state index in [2.05, 4.69) is 0 Å². The molecule has 0 amide bonds. The van der Waals surface area contributed by atoms with Gasteiger partial charge in [0.25, 0.3) is 0 Å². The summed E-state index contributed by atoms with van der Waals surface area (Å²) < 4.78 is 22.6. The number of nitrogens with two attached hydrogens (primary N) is 1. The van der Waals surface area contributed by atoms with Crippen molar-refractivity contribution in [1.82, 2.24) is 0 Å². The lowest BCUT2D eigenvalue weighted by molar-refractivity contribution is -0.366. The molecule has 0 radical (unpaired) electrons. The molecule has 6 N–H and O–H groups in total. The van der Waals surface area contributed by atoms with Crippen LogP contribution in [0.15, 0.2) is 42.5 Å². The number of ether oxygens (including phenoxy) is 4. The lowest BCUT2D eigenvalue weighted by Gasteiger charge is -2.47. The van der Waals surface area contributed by atoms with E-state index in [0.29, 0.717) is 24.3 Å². The summed E-state index contributed by atoms with van der Waals surface area (Å²) >= 11 is 0. The van der Waals surface area contributed by atoms with Crippen molar-refractivity contribution in [2.75, 3.05) is 32.7 Å². The molecule has 180 valence electrons. The lowest BCUT2D eigenvalue weighted by atomic mass is 9.86.